The second-order valence-electron chi connectivity index (χ2n) is 9.63. The van der Waals surface area contributed by atoms with Gasteiger partial charge in [0, 0.05) is 14.2 Å². The summed E-state index contributed by atoms with van der Waals surface area (Å²) in [6, 6.07) is 1.33. The topological polar surface area (TPSA) is 18.5 Å². The summed E-state index contributed by atoms with van der Waals surface area (Å²) in [5.41, 5.74) is 0. The molecule has 1 fully saturated rings. The van der Waals surface area contributed by atoms with Crippen LogP contribution >= 0.6 is 0 Å². The van der Waals surface area contributed by atoms with Crippen molar-refractivity contribution in [2.24, 2.45) is 0 Å². The van der Waals surface area contributed by atoms with Gasteiger partial charge in [0.15, 0.2) is 16.6 Å². The van der Waals surface area contributed by atoms with Gasteiger partial charge in [0.25, 0.3) is 0 Å². The van der Waals surface area contributed by atoms with Gasteiger partial charge in [-0.15, -0.1) is 0 Å². The molecule has 0 unspecified atom stereocenters. The van der Waals surface area contributed by atoms with Gasteiger partial charge in [-0.3, -0.25) is 0 Å². The molecular weight excluding hydrogens is 364 g/mol. The SMILES string of the molecule is C1CCCCCCC1.CCCCCCCC[Si](C)(C)OC.CO[Si](C)(C)C. The Balaban J connectivity index is 0. The molecule has 1 rings (SSSR count). The van der Waals surface area contributed by atoms with Crippen molar-refractivity contribution >= 4 is 16.6 Å². The van der Waals surface area contributed by atoms with E-state index in [1.165, 1.54) is 95.9 Å². The van der Waals surface area contributed by atoms with E-state index >= 15 is 0 Å². The normalized spacial score (nSPS) is 15.6. The molecule has 1 aliphatic carbocycles. The fourth-order valence-corrected chi connectivity index (χ4v) is 4.15. The molecule has 0 spiro atoms. The second-order valence-corrected chi connectivity index (χ2v) is 18.7. The standard InChI is InChI=1S/C11H26OSi.C8H16.C4H12OSi/c1-5-6-7-8-9-10-11-13(3,4)12-2;1-2-4-6-8-7-5-3-1;1-5-6(2,3)4/h5-11H2,1-4H3;1-8H2;1-4H3. The van der Waals surface area contributed by atoms with E-state index in [2.05, 4.69) is 39.7 Å². The molecule has 0 saturated heterocycles. The van der Waals surface area contributed by atoms with Crippen LogP contribution in [0.2, 0.25) is 38.8 Å². The Labute approximate surface area is 175 Å². The van der Waals surface area contributed by atoms with Crippen molar-refractivity contribution in [2.75, 3.05) is 14.2 Å². The van der Waals surface area contributed by atoms with Crippen LogP contribution in [0.25, 0.3) is 0 Å². The average molecular weight is 419 g/mol. The minimum atomic E-state index is -1.25. The molecule has 0 aromatic heterocycles. The van der Waals surface area contributed by atoms with Gasteiger partial charge in [-0.2, -0.15) is 0 Å². The van der Waals surface area contributed by atoms with Crippen LogP contribution in [-0.2, 0) is 8.85 Å². The quantitative estimate of drug-likeness (QED) is 0.275. The first kappa shape index (κ1) is 29.6. The maximum atomic E-state index is 5.50. The van der Waals surface area contributed by atoms with E-state index in [1.807, 2.05) is 7.11 Å². The predicted molar refractivity (Wildman–Crippen MR) is 130 cm³/mol. The average Bonchev–Trinajstić information content (AvgIpc) is 2.58. The molecule has 4 heteroatoms. The Bertz CT molecular complexity index is 265. The molecule has 0 N–H and O–H groups in total. The monoisotopic (exact) mass is 418 g/mol. The maximum absolute atomic E-state index is 5.50. The van der Waals surface area contributed by atoms with Crippen molar-refractivity contribution < 1.29 is 8.85 Å². The smallest absolute Gasteiger partial charge is 0.186 e. The molecule has 166 valence electrons. The third-order valence-corrected chi connectivity index (χ3v) is 9.18. The lowest BCUT2D eigenvalue weighted by Gasteiger charge is -2.19. The van der Waals surface area contributed by atoms with Gasteiger partial charge < -0.3 is 8.85 Å². The Morgan fingerprint density at radius 3 is 1.19 bits per heavy atom. The molecule has 0 heterocycles. The van der Waals surface area contributed by atoms with Crippen molar-refractivity contribution in [2.45, 2.75) is 136 Å². The lowest BCUT2D eigenvalue weighted by Crippen LogP contribution is -2.27. The van der Waals surface area contributed by atoms with Gasteiger partial charge in [-0.1, -0.05) is 96.8 Å². The van der Waals surface area contributed by atoms with E-state index < -0.39 is 16.6 Å². The summed E-state index contributed by atoms with van der Waals surface area (Å²) >= 11 is 0. The van der Waals surface area contributed by atoms with Crippen molar-refractivity contribution in [3.8, 4) is 0 Å². The van der Waals surface area contributed by atoms with E-state index in [4.69, 9.17) is 8.85 Å². The first-order valence-electron chi connectivity index (χ1n) is 11.8. The Morgan fingerprint density at radius 2 is 0.889 bits per heavy atom. The minimum absolute atomic E-state index is 1.13. The largest absolute Gasteiger partial charge is 0.421 e. The van der Waals surface area contributed by atoms with Crippen LogP contribution in [0.4, 0.5) is 0 Å². The van der Waals surface area contributed by atoms with Crippen molar-refractivity contribution in [1.29, 1.82) is 0 Å². The van der Waals surface area contributed by atoms with Gasteiger partial charge in [-0.05, 0) is 38.8 Å². The van der Waals surface area contributed by atoms with E-state index in [9.17, 15) is 0 Å². The highest BCUT2D eigenvalue weighted by Crippen LogP contribution is 2.16. The number of hydrogen-bond acceptors (Lipinski definition) is 2. The van der Waals surface area contributed by atoms with Gasteiger partial charge in [0.2, 0.25) is 0 Å². The molecule has 0 amide bonds. The van der Waals surface area contributed by atoms with Crippen LogP contribution in [0, 0.1) is 0 Å². The zero-order chi connectivity index (χ0) is 21.0. The van der Waals surface area contributed by atoms with Gasteiger partial charge >= 0.3 is 0 Å². The molecule has 2 nitrogen and oxygen atoms in total. The zero-order valence-corrected chi connectivity index (χ0v) is 22.4. The highest BCUT2D eigenvalue weighted by Gasteiger charge is 2.18. The minimum Gasteiger partial charge on any atom is -0.421 e. The van der Waals surface area contributed by atoms with Gasteiger partial charge in [0.05, 0.1) is 0 Å². The van der Waals surface area contributed by atoms with Crippen molar-refractivity contribution in [1.82, 2.24) is 0 Å². The summed E-state index contributed by atoms with van der Waals surface area (Å²) in [7, 11) is 1.26. The molecule has 0 bridgehead atoms. The first-order chi connectivity index (χ1) is 12.7. The Morgan fingerprint density at radius 1 is 0.556 bits per heavy atom. The predicted octanol–water partition coefficient (Wildman–Crippen LogP) is 8.79. The molecule has 0 aromatic rings. The fraction of sp³-hybridized carbons (Fsp3) is 1.00. The highest BCUT2D eigenvalue weighted by molar-refractivity contribution is 6.71. The summed E-state index contributed by atoms with van der Waals surface area (Å²) in [4.78, 5) is 0. The summed E-state index contributed by atoms with van der Waals surface area (Å²) in [6.45, 7) is 13.4. The molecular formula is C23H54O2Si2. The van der Waals surface area contributed by atoms with Crippen molar-refractivity contribution in [3.05, 3.63) is 0 Å². The summed E-state index contributed by atoms with van der Waals surface area (Å²) in [5, 5.41) is 0. The number of rotatable bonds is 9. The van der Waals surface area contributed by atoms with Crippen LogP contribution in [0.15, 0.2) is 0 Å². The number of hydrogen-bond donors (Lipinski definition) is 0. The van der Waals surface area contributed by atoms with Crippen LogP contribution in [0.5, 0.6) is 0 Å². The molecule has 0 aromatic carbocycles. The fourth-order valence-electron chi connectivity index (χ4n) is 2.85. The molecule has 0 atom stereocenters. The molecule has 0 radical (unpaired) electrons. The first-order valence-corrected chi connectivity index (χ1v) is 18.3. The lowest BCUT2D eigenvalue weighted by atomic mass is 10.0. The van der Waals surface area contributed by atoms with E-state index in [1.54, 1.807) is 7.11 Å². The van der Waals surface area contributed by atoms with E-state index in [0.717, 1.165) is 0 Å². The maximum Gasteiger partial charge on any atom is 0.186 e. The third-order valence-electron chi connectivity index (χ3n) is 5.30. The highest BCUT2D eigenvalue weighted by atomic mass is 28.4. The van der Waals surface area contributed by atoms with E-state index in [-0.39, 0.29) is 0 Å². The molecule has 1 saturated carbocycles. The van der Waals surface area contributed by atoms with Crippen molar-refractivity contribution in [3.63, 3.8) is 0 Å². The Kier molecular flexibility index (Phi) is 21.5. The molecule has 27 heavy (non-hydrogen) atoms. The summed E-state index contributed by atoms with van der Waals surface area (Å²) in [6.07, 6.45) is 20.4. The van der Waals surface area contributed by atoms with Crippen LogP contribution in [0.3, 0.4) is 0 Å². The van der Waals surface area contributed by atoms with Gasteiger partial charge in [-0.25, -0.2) is 0 Å². The Hall–Kier alpha value is 0.354. The zero-order valence-electron chi connectivity index (χ0n) is 20.4. The van der Waals surface area contributed by atoms with E-state index in [0.29, 0.717) is 0 Å². The van der Waals surface area contributed by atoms with Gasteiger partial charge in [0.1, 0.15) is 0 Å². The number of unbranched alkanes of at least 4 members (excludes halogenated alkanes) is 5. The molecule has 0 aliphatic heterocycles. The summed E-state index contributed by atoms with van der Waals surface area (Å²) < 4.78 is 10.6. The lowest BCUT2D eigenvalue weighted by molar-refractivity contribution is 0.400. The van der Waals surface area contributed by atoms with Crippen LogP contribution in [-0.4, -0.2) is 30.9 Å². The molecule has 1 aliphatic rings. The summed E-state index contributed by atoms with van der Waals surface area (Å²) in [5.74, 6) is 0. The second kappa shape index (κ2) is 19.7. The third kappa shape index (κ3) is 28.7. The van der Waals surface area contributed by atoms with Crippen LogP contribution < -0.4 is 0 Å². The van der Waals surface area contributed by atoms with Crippen LogP contribution in [0.1, 0.15) is 96.8 Å².